The molecule has 2 fully saturated rings. The minimum Gasteiger partial charge on any atom is -0.373 e. The van der Waals surface area contributed by atoms with E-state index in [0.29, 0.717) is 25.9 Å². The van der Waals surface area contributed by atoms with E-state index in [0.717, 1.165) is 43.7 Å². The second-order valence-corrected chi connectivity index (χ2v) is 7.73. The van der Waals surface area contributed by atoms with Crippen LogP contribution in [0.5, 0.6) is 0 Å². The summed E-state index contributed by atoms with van der Waals surface area (Å²) in [7, 11) is 0. The number of hydrogen-bond donors (Lipinski definition) is 1. The number of carbonyl (C=O) groups is 2. The third kappa shape index (κ3) is 5.78. The van der Waals surface area contributed by atoms with Crippen LogP contribution in [-0.4, -0.2) is 60.0 Å². The zero-order valence-electron chi connectivity index (χ0n) is 16.4. The molecule has 0 bridgehead atoms. The van der Waals surface area contributed by atoms with E-state index >= 15 is 0 Å². The summed E-state index contributed by atoms with van der Waals surface area (Å²) in [5, 5.41) is 3.04. The fourth-order valence-corrected chi connectivity index (χ4v) is 3.97. The van der Waals surface area contributed by atoms with Crippen molar-refractivity contribution in [1.82, 2.24) is 15.1 Å². The van der Waals surface area contributed by atoms with Gasteiger partial charge in [0.15, 0.2) is 0 Å². The molecule has 2 aliphatic heterocycles. The van der Waals surface area contributed by atoms with Gasteiger partial charge in [0.25, 0.3) is 0 Å². The molecule has 6 nitrogen and oxygen atoms in total. The monoisotopic (exact) mass is 373 g/mol. The molecule has 0 aliphatic carbocycles. The highest BCUT2D eigenvalue weighted by atomic mass is 16.5. The van der Waals surface area contributed by atoms with Gasteiger partial charge in [0.1, 0.15) is 0 Å². The molecule has 2 atom stereocenters. The van der Waals surface area contributed by atoms with Crippen LogP contribution < -0.4 is 5.32 Å². The first kappa shape index (κ1) is 19.8. The number of likely N-dealkylation sites (tertiary alicyclic amines) is 1. The van der Waals surface area contributed by atoms with Crippen molar-refractivity contribution >= 4 is 11.8 Å². The molecular weight excluding hydrogens is 342 g/mol. The Balaban J connectivity index is 1.46. The molecule has 2 heterocycles. The van der Waals surface area contributed by atoms with Crippen LogP contribution >= 0.6 is 0 Å². The van der Waals surface area contributed by atoms with E-state index in [1.165, 1.54) is 0 Å². The average molecular weight is 373 g/mol. The lowest BCUT2D eigenvalue weighted by atomic mass is 10.1. The van der Waals surface area contributed by atoms with E-state index in [2.05, 4.69) is 24.1 Å². The Morgan fingerprint density at radius 3 is 2.56 bits per heavy atom. The van der Waals surface area contributed by atoms with Crippen LogP contribution in [0.15, 0.2) is 24.3 Å². The number of benzene rings is 1. The van der Waals surface area contributed by atoms with Crippen molar-refractivity contribution < 1.29 is 14.3 Å². The molecule has 1 N–H and O–H groups in total. The fourth-order valence-electron chi connectivity index (χ4n) is 3.97. The Kier molecular flexibility index (Phi) is 6.85. The maximum atomic E-state index is 12.3. The second-order valence-electron chi connectivity index (χ2n) is 7.73. The predicted octanol–water partition coefficient (Wildman–Crippen LogP) is 1.92. The van der Waals surface area contributed by atoms with Crippen LogP contribution in [0.3, 0.4) is 0 Å². The summed E-state index contributed by atoms with van der Waals surface area (Å²) in [6.45, 7) is 8.63. The molecule has 3 rings (SSSR count). The summed E-state index contributed by atoms with van der Waals surface area (Å²) < 4.78 is 5.73. The smallest absolute Gasteiger partial charge is 0.222 e. The van der Waals surface area contributed by atoms with Gasteiger partial charge < -0.3 is 15.0 Å². The minimum absolute atomic E-state index is 0.0637. The second kappa shape index (κ2) is 9.33. The fraction of sp³-hybridized carbons (Fsp3) is 0.619. The topological polar surface area (TPSA) is 61.9 Å². The van der Waals surface area contributed by atoms with E-state index in [-0.39, 0.29) is 24.0 Å². The Morgan fingerprint density at radius 1 is 1.19 bits per heavy atom. The summed E-state index contributed by atoms with van der Waals surface area (Å²) in [5.74, 6) is 0.289. The lowest BCUT2D eigenvalue weighted by Gasteiger charge is -2.35. The van der Waals surface area contributed by atoms with Crippen molar-refractivity contribution in [3.63, 3.8) is 0 Å². The molecular formula is C21H31N3O3. The molecule has 1 aromatic rings. The summed E-state index contributed by atoms with van der Waals surface area (Å²) in [4.78, 5) is 28.4. The lowest BCUT2D eigenvalue weighted by Crippen LogP contribution is -2.46. The molecule has 0 aromatic heterocycles. The van der Waals surface area contributed by atoms with Gasteiger partial charge in [0.2, 0.25) is 11.8 Å². The molecule has 6 heteroatoms. The minimum atomic E-state index is 0.0637. The van der Waals surface area contributed by atoms with Gasteiger partial charge in [-0.1, -0.05) is 24.3 Å². The molecule has 148 valence electrons. The average Bonchev–Trinajstić information content (AvgIpc) is 3.03. The first-order chi connectivity index (χ1) is 13.0. The summed E-state index contributed by atoms with van der Waals surface area (Å²) in [6.07, 6.45) is 2.52. The standard InChI is InChI=1S/C21H31N3O3/c1-16-13-23(14-17(2)27-16)11-9-20(25)22-12-18-6-3-4-7-19(18)15-24-10-5-8-21(24)26/h3-4,6-7,16-17H,5,8-15H2,1-2H3,(H,22,25)/t16-,17+. The van der Waals surface area contributed by atoms with Crippen molar-refractivity contribution in [3.8, 4) is 0 Å². The van der Waals surface area contributed by atoms with Crippen molar-refractivity contribution in [2.45, 2.75) is 58.4 Å². The Hall–Kier alpha value is -1.92. The molecule has 0 unspecified atom stereocenters. The summed E-state index contributed by atoms with van der Waals surface area (Å²) >= 11 is 0. The van der Waals surface area contributed by atoms with Gasteiger partial charge in [-0.2, -0.15) is 0 Å². The van der Waals surface area contributed by atoms with Crippen LogP contribution in [-0.2, 0) is 27.4 Å². The van der Waals surface area contributed by atoms with Crippen LogP contribution in [0.1, 0.15) is 44.2 Å². The number of ether oxygens (including phenoxy) is 1. The van der Waals surface area contributed by atoms with Gasteiger partial charge in [-0.3, -0.25) is 14.5 Å². The van der Waals surface area contributed by atoms with Gasteiger partial charge in [-0.25, -0.2) is 0 Å². The molecule has 2 aliphatic rings. The van der Waals surface area contributed by atoms with Crippen LogP contribution in [0.4, 0.5) is 0 Å². The predicted molar refractivity (Wildman–Crippen MR) is 104 cm³/mol. The SMILES string of the molecule is C[C@@H]1CN(CCC(=O)NCc2ccccc2CN2CCCC2=O)C[C@H](C)O1. The summed E-state index contributed by atoms with van der Waals surface area (Å²) in [5.41, 5.74) is 2.20. The largest absolute Gasteiger partial charge is 0.373 e. The van der Waals surface area contributed by atoms with Crippen LogP contribution in [0.25, 0.3) is 0 Å². The molecule has 0 spiro atoms. The van der Waals surface area contributed by atoms with Crippen LogP contribution in [0, 0.1) is 0 Å². The van der Waals surface area contributed by atoms with Gasteiger partial charge in [0.05, 0.1) is 12.2 Å². The number of morpholine rings is 1. The van der Waals surface area contributed by atoms with Gasteiger partial charge in [-0.15, -0.1) is 0 Å². The highest BCUT2D eigenvalue weighted by molar-refractivity contribution is 5.78. The van der Waals surface area contributed by atoms with E-state index in [4.69, 9.17) is 4.74 Å². The zero-order chi connectivity index (χ0) is 19.2. The van der Waals surface area contributed by atoms with Gasteiger partial charge in [0, 0.05) is 52.1 Å². The lowest BCUT2D eigenvalue weighted by molar-refractivity contribution is -0.128. The van der Waals surface area contributed by atoms with Gasteiger partial charge in [-0.05, 0) is 31.4 Å². The van der Waals surface area contributed by atoms with Crippen molar-refractivity contribution in [1.29, 1.82) is 0 Å². The number of nitrogens with one attached hydrogen (secondary N) is 1. The number of hydrogen-bond acceptors (Lipinski definition) is 4. The Morgan fingerprint density at radius 2 is 1.89 bits per heavy atom. The Labute approximate surface area is 161 Å². The first-order valence-corrected chi connectivity index (χ1v) is 10.0. The zero-order valence-corrected chi connectivity index (χ0v) is 16.4. The highest BCUT2D eigenvalue weighted by Crippen LogP contribution is 2.17. The van der Waals surface area contributed by atoms with Gasteiger partial charge >= 0.3 is 0 Å². The van der Waals surface area contributed by atoms with Crippen molar-refractivity contribution in [2.24, 2.45) is 0 Å². The maximum Gasteiger partial charge on any atom is 0.222 e. The number of nitrogens with zero attached hydrogens (tertiary/aromatic N) is 2. The van der Waals surface area contributed by atoms with Crippen LogP contribution in [0.2, 0.25) is 0 Å². The van der Waals surface area contributed by atoms with E-state index in [9.17, 15) is 9.59 Å². The molecule has 1 aromatic carbocycles. The maximum absolute atomic E-state index is 12.3. The number of carbonyl (C=O) groups excluding carboxylic acids is 2. The normalized spacial score (nSPS) is 23.6. The Bertz CT molecular complexity index is 654. The van der Waals surface area contributed by atoms with E-state index in [1.54, 1.807) is 0 Å². The number of amides is 2. The molecule has 0 saturated carbocycles. The molecule has 0 radical (unpaired) electrons. The van der Waals surface area contributed by atoms with E-state index in [1.807, 2.05) is 29.2 Å². The van der Waals surface area contributed by atoms with Crippen molar-refractivity contribution in [3.05, 3.63) is 35.4 Å². The molecule has 2 saturated heterocycles. The third-order valence-corrected chi connectivity index (χ3v) is 5.28. The quantitative estimate of drug-likeness (QED) is 0.793. The first-order valence-electron chi connectivity index (χ1n) is 10.0. The van der Waals surface area contributed by atoms with Crippen molar-refractivity contribution in [2.75, 3.05) is 26.2 Å². The molecule has 27 heavy (non-hydrogen) atoms. The highest BCUT2D eigenvalue weighted by Gasteiger charge is 2.23. The molecule has 2 amide bonds. The summed E-state index contributed by atoms with van der Waals surface area (Å²) in [6, 6.07) is 8.04. The number of rotatable bonds is 7. The van der Waals surface area contributed by atoms with E-state index < -0.39 is 0 Å². The third-order valence-electron chi connectivity index (χ3n) is 5.28.